The molecule has 1 aromatic heterocycles. The van der Waals surface area contributed by atoms with E-state index in [2.05, 4.69) is 10.3 Å². The zero-order valence-electron chi connectivity index (χ0n) is 9.74. The average molecular weight is 229 g/mol. The van der Waals surface area contributed by atoms with Crippen LogP contribution in [0, 0.1) is 6.92 Å². The van der Waals surface area contributed by atoms with Crippen LogP contribution in [0.1, 0.15) is 17.5 Å². The van der Waals surface area contributed by atoms with Crippen LogP contribution in [0.2, 0.25) is 0 Å². The van der Waals surface area contributed by atoms with Crippen LogP contribution in [0.4, 0.5) is 5.13 Å². The number of thiazole rings is 1. The van der Waals surface area contributed by atoms with Gasteiger partial charge in [0, 0.05) is 31.6 Å². The maximum atomic E-state index is 8.89. The van der Waals surface area contributed by atoms with Crippen molar-refractivity contribution in [3.05, 3.63) is 10.6 Å². The second-order valence-electron chi connectivity index (χ2n) is 3.86. The van der Waals surface area contributed by atoms with Crippen LogP contribution < -0.4 is 10.2 Å². The molecule has 0 spiro atoms. The minimum absolute atomic E-state index is 0.134. The van der Waals surface area contributed by atoms with Crippen molar-refractivity contribution in [3.8, 4) is 0 Å². The number of aliphatic hydroxyl groups excluding tert-OH is 1. The van der Waals surface area contributed by atoms with Crippen LogP contribution in [0.5, 0.6) is 0 Å². The Morgan fingerprint density at radius 3 is 2.67 bits per heavy atom. The molecule has 0 radical (unpaired) electrons. The molecule has 0 saturated heterocycles. The molecule has 0 amide bonds. The molecule has 0 fully saturated rings. The van der Waals surface area contributed by atoms with E-state index in [-0.39, 0.29) is 12.6 Å². The molecule has 0 bridgehead atoms. The molecule has 0 aliphatic carbocycles. The van der Waals surface area contributed by atoms with E-state index in [0.717, 1.165) is 17.4 Å². The van der Waals surface area contributed by atoms with E-state index in [1.807, 2.05) is 32.8 Å². The van der Waals surface area contributed by atoms with Crippen molar-refractivity contribution in [2.24, 2.45) is 0 Å². The van der Waals surface area contributed by atoms with Crippen molar-refractivity contribution >= 4 is 16.5 Å². The fourth-order valence-corrected chi connectivity index (χ4v) is 2.03. The lowest BCUT2D eigenvalue weighted by Crippen LogP contribution is -2.28. The summed E-state index contributed by atoms with van der Waals surface area (Å²) in [6.45, 7) is 4.92. The molecule has 1 heterocycles. The van der Waals surface area contributed by atoms with Crippen molar-refractivity contribution in [2.45, 2.75) is 26.4 Å². The van der Waals surface area contributed by atoms with Crippen LogP contribution >= 0.6 is 11.3 Å². The summed E-state index contributed by atoms with van der Waals surface area (Å²) in [7, 11) is 3.98. The molecule has 4 nitrogen and oxygen atoms in total. The number of aliphatic hydroxyl groups is 1. The predicted octanol–water partition coefficient (Wildman–Crippen LogP) is 0.988. The summed E-state index contributed by atoms with van der Waals surface area (Å²) in [5.74, 6) is 0. The van der Waals surface area contributed by atoms with Gasteiger partial charge in [-0.25, -0.2) is 4.98 Å². The number of nitrogens with one attached hydrogen (secondary N) is 1. The van der Waals surface area contributed by atoms with Crippen molar-refractivity contribution in [1.29, 1.82) is 0 Å². The Morgan fingerprint density at radius 1 is 1.53 bits per heavy atom. The lowest BCUT2D eigenvalue weighted by atomic mass is 10.3. The molecule has 1 aromatic rings. The number of hydrogen-bond donors (Lipinski definition) is 2. The average Bonchev–Trinajstić information content (AvgIpc) is 2.56. The van der Waals surface area contributed by atoms with Gasteiger partial charge in [-0.15, -0.1) is 11.3 Å². The standard InChI is InChI=1S/C10H19N3OS/c1-7(6-14)11-5-9-8(2)12-10(15-9)13(3)4/h7,11,14H,5-6H2,1-4H3/t7-/m0/s1. The van der Waals surface area contributed by atoms with Crippen molar-refractivity contribution in [3.63, 3.8) is 0 Å². The van der Waals surface area contributed by atoms with Gasteiger partial charge in [-0.1, -0.05) is 0 Å². The predicted molar refractivity (Wildman–Crippen MR) is 64.6 cm³/mol. The van der Waals surface area contributed by atoms with E-state index in [4.69, 9.17) is 5.11 Å². The highest BCUT2D eigenvalue weighted by Gasteiger charge is 2.09. The second-order valence-corrected chi connectivity index (χ2v) is 4.93. The summed E-state index contributed by atoms with van der Waals surface area (Å²) < 4.78 is 0. The highest BCUT2D eigenvalue weighted by atomic mass is 32.1. The molecule has 1 rings (SSSR count). The largest absolute Gasteiger partial charge is 0.395 e. The number of aryl methyl sites for hydroxylation is 1. The Kier molecular flexibility index (Phi) is 4.50. The molecule has 0 aromatic carbocycles. The summed E-state index contributed by atoms with van der Waals surface area (Å²) in [6, 6.07) is 0.134. The van der Waals surface area contributed by atoms with E-state index in [9.17, 15) is 0 Å². The fraction of sp³-hybridized carbons (Fsp3) is 0.700. The Morgan fingerprint density at radius 2 is 2.20 bits per heavy atom. The third kappa shape index (κ3) is 3.44. The quantitative estimate of drug-likeness (QED) is 0.790. The monoisotopic (exact) mass is 229 g/mol. The van der Waals surface area contributed by atoms with Crippen molar-refractivity contribution < 1.29 is 5.11 Å². The van der Waals surface area contributed by atoms with E-state index >= 15 is 0 Å². The third-order valence-electron chi connectivity index (χ3n) is 2.15. The third-order valence-corrected chi connectivity index (χ3v) is 3.47. The molecule has 5 heteroatoms. The van der Waals surface area contributed by atoms with Crippen LogP contribution in [-0.4, -0.2) is 36.8 Å². The van der Waals surface area contributed by atoms with E-state index in [1.165, 1.54) is 4.88 Å². The molecule has 2 N–H and O–H groups in total. The normalized spacial score (nSPS) is 12.9. The van der Waals surface area contributed by atoms with E-state index in [0.29, 0.717) is 0 Å². The Bertz CT molecular complexity index is 312. The Balaban J connectivity index is 2.61. The first-order valence-electron chi connectivity index (χ1n) is 5.02. The number of anilines is 1. The first-order valence-corrected chi connectivity index (χ1v) is 5.84. The number of nitrogens with zero attached hydrogens (tertiary/aromatic N) is 2. The van der Waals surface area contributed by atoms with Crippen LogP contribution in [0.3, 0.4) is 0 Å². The summed E-state index contributed by atoms with van der Waals surface area (Å²) in [5, 5.41) is 13.2. The van der Waals surface area contributed by atoms with Gasteiger partial charge in [0.25, 0.3) is 0 Å². The molecule has 0 saturated carbocycles. The first kappa shape index (κ1) is 12.4. The molecular formula is C10H19N3OS. The van der Waals surface area contributed by atoms with Crippen molar-refractivity contribution in [2.75, 3.05) is 25.6 Å². The van der Waals surface area contributed by atoms with Crippen LogP contribution in [-0.2, 0) is 6.54 Å². The van der Waals surface area contributed by atoms with E-state index in [1.54, 1.807) is 11.3 Å². The van der Waals surface area contributed by atoms with Gasteiger partial charge in [0.05, 0.1) is 12.3 Å². The fourth-order valence-electron chi connectivity index (χ4n) is 1.10. The molecule has 0 unspecified atom stereocenters. The minimum Gasteiger partial charge on any atom is -0.395 e. The zero-order chi connectivity index (χ0) is 11.4. The molecule has 1 atom stereocenters. The lowest BCUT2D eigenvalue weighted by molar-refractivity contribution is 0.251. The maximum absolute atomic E-state index is 8.89. The van der Waals surface area contributed by atoms with Gasteiger partial charge in [0.15, 0.2) is 5.13 Å². The van der Waals surface area contributed by atoms with Gasteiger partial charge in [-0.2, -0.15) is 0 Å². The maximum Gasteiger partial charge on any atom is 0.185 e. The number of hydrogen-bond acceptors (Lipinski definition) is 5. The highest BCUT2D eigenvalue weighted by molar-refractivity contribution is 7.15. The Labute approximate surface area is 94.9 Å². The summed E-state index contributed by atoms with van der Waals surface area (Å²) in [4.78, 5) is 7.70. The zero-order valence-corrected chi connectivity index (χ0v) is 10.6. The number of aromatic nitrogens is 1. The van der Waals surface area contributed by atoms with Gasteiger partial charge in [-0.05, 0) is 13.8 Å². The Hall–Kier alpha value is -0.650. The van der Waals surface area contributed by atoms with Gasteiger partial charge in [0.2, 0.25) is 0 Å². The summed E-state index contributed by atoms with van der Waals surface area (Å²) >= 11 is 1.69. The van der Waals surface area contributed by atoms with Crippen molar-refractivity contribution in [1.82, 2.24) is 10.3 Å². The smallest absolute Gasteiger partial charge is 0.185 e. The molecular weight excluding hydrogens is 210 g/mol. The molecule has 0 aliphatic heterocycles. The SMILES string of the molecule is Cc1nc(N(C)C)sc1CN[C@@H](C)CO. The lowest BCUT2D eigenvalue weighted by Gasteiger charge is -2.09. The summed E-state index contributed by atoms with van der Waals surface area (Å²) in [6.07, 6.45) is 0. The minimum atomic E-state index is 0.134. The van der Waals surface area contributed by atoms with Gasteiger partial charge < -0.3 is 15.3 Å². The molecule has 86 valence electrons. The van der Waals surface area contributed by atoms with Gasteiger partial charge in [0.1, 0.15) is 0 Å². The van der Waals surface area contributed by atoms with Crippen LogP contribution in [0.25, 0.3) is 0 Å². The van der Waals surface area contributed by atoms with Gasteiger partial charge >= 0.3 is 0 Å². The second kappa shape index (κ2) is 5.44. The molecule has 15 heavy (non-hydrogen) atoms. The number of rotatable bonds is 5. The summed E-state index contributed by atoms with van der Waals surface area (Å²) in [5.41, 5.74) is 1.07. The van der Waals surface area contributed by atoms with Crippen LogP contribution in [0.15, 0.2) is 0 Å². The van der Waals surface area contributed by atoms with E-state index < -0.39 is 0 Å². The molecule has 0 aliphatic rings. The highest BCUT2D eigenvalue weighted by Crippen LogP contribution is 2.24. The first-order chi connectivity index (χ1) is 7.04. The van der Waals surface area contributed by atoms with Gasteiger partial charge in [-0.3, -0.25) is 0 Å². The topological polar surface area (TPSA) is 48.4 Å².